The SMILES string of the molecule is CC(C)C1C(C2CCC(Cl)CC2)CC2CCC1N2C. The highest BCUT2D eigenvalue weighted by Crippen LogP contribution is 2.50. The number of hydrogen-bond acceptors (Lipinski definition) is 1. The monoisotopic (exact) mass is 283 g/mol. The van der Waals surface area contributed by atoms with Crippen LogP contribution in [0.15, 0.2) is 0 Å². The Labute approximate surface area is 124 Å². The van der Waals surface area contributed by atoms with E-state index in [-0.39, 0.29) is 0 Å². The number of nitrogens with zero attached hydrogens (tertiary/aromatic N) is 1. The summed E-state index contributed by atoms with van der Waals surface area (Å²) >= 11 is 6.30. The number of hydrogen-bond donors (Lipinski definition) is 0. The van der Waals surface area contributed by atoms with E-state index in [2.05, 4.69) is 25.8 Å². The van der Waals surface area contributed by atoms with Crippen molar-refractivity contribution in [3.05, 3.63) is 0 Å². The van der Waals surface area contributed by atoms with Gasteiger partial charge in [-0.25, -0.2) is 0 Å². The number of rotatable bonds is 2. The quantitative estimate of drug-likeness (QED) is 0.673. The molecule has 0 N–H and O–H groups in total. The van der Waals surface area contributed by atoms with Gasteiger partial charge in [0.2, 0.25) is 0 Å². The molecule has 0 aromatic heterocycles. The average Bonchev–Trinajstić information content (AvgIpc) is 2.63. The minimum atomic E-state index is 0.469. The predicted octanol–water partition coefficient (Wildman–Crippen LogP) is 4.54. The zero-order valence-electron chi connectivity index (χ0n) is 12.8. The maximum atomic E-state index is 6.30. The zero-order valence-corrected chi connectivity index (χ0v) is 13.6. The molecule has 1 nitrogen and oxygen atoms in total. The molecule has 0 amide bonds. The van der Waals surface area contributed by atoms with E-state index in [1.807, 2.05) is 0 Å². The summed E-state index contributed by atoms with van der Waals surface area (Å²) in [5.74, 6) is 3.72. The summed E-state index contributed by atoms with van der Waals surface area (Å²) in [6, 6.07) is 1.76. The lowest BCUT2D eigenvalue weighted by molar-refractivity contribution is 0.00348. The topological polar surface area (TPSA) is 3.24 Å². The molecule has 0 aromatic rings. The van der Waals surface area contributed by atoms with E-state index in [9.17, 15) is 0 Å². The summed E-state index contributed by atoms with van der Waals surface area (Å²) in [6.07, 6.45) is 9.68. The molecule has 2 bridgehead atoms. The molecule has 4 unspecified atom stereocenters. The second kappa shape index (κ2) is 5.56. The minimum absolute atomic E-state index is 0.469. The molecule has 2 heterocycles. The van der Waals surface area contributed by atoms with Gasteiger partial charge >= 0.3 is 0 Å². The fourth-order valence-corrected chi connectivity index (χ4v) is 5.75. The summed E-state index contributed by atoms with van der Waals surface area (Å²) in [7, 11) is 2.38. The van der Waals surface area contributed by atoms with Gasteiger partial charge in [0.05, 0.1) is 0 Å². The molecule has 2 heteroatoms. The van der Waals surface area contributed by atoms with Gasteiger partial charge in [-0.2, -0.15) is 0 Å². The lowest BCUT2D eigenvalue weighted by Crippen LogP contribution is -2.50. The van der Waals surface area contributed by atoms with Crippen LogP contribution in [-0.4, -0.2) is 29.4 Å². The highest BCUT2D eigenvalue weighted by molar-refractivity contribution is 6.20. The smallest absolute Gasteiger partial charge is 0.0336 e. The largest absolute Gasteiger partial charge is 0.300 e. The van der Waals surface area contributed by atoms with Crippen LogP contribution in [0, 0.1) is 23.7 Å². The van der Waals surface area contributed by atoms with Crippen molar-refractivity contribution in [1.29, 1.82) is 0 Å². The molecule has 2 aliphatic heterocycles. The summed E-state index contributed by atoms with van der Waals surface area (Å²) in [6.45, 7) is 4.91. The normalized spacial score (nSPS) is 47.8. The Morgan fingerprint density at radius 3 is 2.32 bits per heavy atom. The highest BCUT2D eigenvalue weighted by Gasteiger charge is 2.48. The van der Waals surface area contributed by atoms with Gasteiger partial charge in [0.1, 0.15) is 0 Å². The maximum absolute atomic E-state index is 6.30. The van der Waals surface area contributed by atoms with Crippen LogP contribution in [0.25, 0.3) is 0 Å². The molecule has 1 aliphatic carbocycles. The predicted molar refractivity (Wildman–Crippen MR) is 82.6 cm³/mol. The molecule has 110 valence electrons. The lowest BCUT2D eigenvalue weighted by atomic mass is 9.65. The van der Waals surface area contributed by atoms with E-state index in [0.29, 0.717) is 5.38 Å². The first-order valence-electron chi connectivity index (χ1n) is 8.44. The molecular formula is C17H30ClN. The van der Waals surface area contributed by atoms with Gasteiger partial charge in [0.25, 0.3) is 0 Å². The molecule has 3 fully saturated rings. The van der Waals surface area contributed by atoms with Gasteiger partial charge in [0.15, 0.2) is 0 Å². The van der Waals surface area contributed by atoms with Crippen molar-refractivity contribution >= 4 is 11.6 Å². The maximum Gasteiger partial charge on any atom is 0.0336 e. The van der Waals surface area contributed by atoms with E-state index >= 15 is 0 Å². The van der Waals surface area contributed by atoms with Crippen molar-refractivity contribution < 1.29 is 0 Å². The Morgan fingerprint density at radius 1 is 1.00 bits per heavy atom. The minimum Gasteiger partial charge on any atom is -0.300 e. The molecule has 3 aliphatic rings. The summed E-state index contributed by atoms with van der Waals surface area (Å²) < 4.78 is 0. The van der Waals surface area contributed by atoms with Crippen molar-refractivity contribution in [2.75, 3.05) is 7.05 Å². The van der Waals surface area contributed by atoms with Gasteiger partial charge in [-0.05, 0) is 75.7 Å². The van der Waals surface area contributed by atoms with E-state index in [0.717, 1.165) is 35.8 Å². The van der Waals surface area contributed by atoms with Gasteiger partial charge in [-0.15, -0.1) is 11.6 Å². The van der Waals surface area contributed by atoms with Gasteiger partial charge in [0, 0.05) is 17.5 Å². The molecule has 0 aromatic carbocycles. The third-order valence-electron chi connectivity index (χ3n) is 6.45. The molecule has 19 heavy (non-hydrogen) atoms. The molecule has 1 saturated carbocycles. The average molecular weight is 284 g/mol. The summed E-state index contributed by atoms with van der Waals surface area (Å²) in [4.78, 5) is 2.72. The van der Waals surface area contributed by atoms with Crippen molar-refractivity contribution in [2.24, 2.45) is 23.7 Å². The number of halogens is 1. The molecule has 3 rings (SSSR count). The first kappa shape index (κ1) is 14.2. The zero-order chi connectivity index (χ0) is 13.6. The van der Waals surface area contributed by atoms with Crippen LogP contribution >= 0.6 is 11.6 Å². The Balaban J connectivity index is 1.76. The highest BCUT2D eigenvalue weighted by atomic mass is 35.5. The van der Waals surface area contributed by atoms with Crippen LogP contribution in [0.5, 0.6) is 0 Å². The van der Waals surface area contributed by atoms with E-state index in [4.69, 9.17) is 11.6 Å². The van der Waals surface area contributed by atoms with Crippen molar-refractivity contribution in [1.82, 2.24) is 4.90 Å². The van der Waals surface area contributed by atoms with Crippen LogP contribution in [0.4, 0.5) is 0 Å². The van der Waals surface area contributed by atoms with Crippen molar-refractivity contribution in [3.8, 4) is 0 Å². The molecular weight excluding hydrogens is 254 g/mol. The second-order valence-electron chi connectivity index (χ2n) is 7.70. The fraction of sp³-hybridized carbons (Fsp3) is 1.00. The van der Waals surface area contributed by atoms with Gasteiger partial charge in [-0.3, -0.25) is 0 Å². The van der Waals surface area contributed by atoms with Crippen LogP contribution < -0.4 is 0 Å². The number of alkyl halides is 1. The van der Waals surface area contributed by atoms with E-state index in [1.54, 1.807) is 0 Å². The third-order valence-corrected chi connectivity index (χ3v) is 6.89. The van der Waals surface area contributed by atoms with Crippen molar-refractivity contribution in [2.45, 2.75) is 76.3 Å². The first-order chi connectivity index (χ1) is 9.08. The first-order valence-corrected chi connectivity index (χ1v) is 8.87. The van der Waals surface area contributed by atoms with Crippen molar-refractivity contribution in [3.63, 3.8) is 0 Å². The molecule has 0 spiro atoms. The molecule has 4 atom stereocenters. The van der Waals surface area contributed by atoms with Crippen LogP contribution in [0.2, 0.25) is 0 Å². The molecule has 2 saturated heterocycles. The lowest BCUT2D eigenvalue weighted by Gasteiger charge is -2.49. The van der Waals surface area contributed by atoms with Crippen LogP contribution in [0.1, 0.15) is 58.8 Å². The Morgan fingerprint density at radius 2 is 1.68 bits per heavy atom. The van der Waals surface area contributed by atoms with Crippen LogP contribution in [-0.2, 0) is 0 Å². The summed E-state index contributed by atoms with van der Waals surface area (Å²) in [5.41, 5.74) is 0. The third kappa shape index (κ3) is 2.58. The van der Waals surface area contributed by atoms with Crippen LogP contribution in [0.3, 0.4) is 0 Å². The fourth-order valence-electron chi connectivity index (χ4n) is 5.50. The van der Waals surface area contributed by atoms with Gasteiger partial charge in [-0.1, -0.05) is 13.8 Å². The Bertz CT molecular complexity index is 308. The second-order valence-corrected chi connectivity index (χ2v) is 8.31. The Hall–Kier alpha value is 0.250. The number of fused-ring (bicyclic) bond motifs is 2. The Kier molecular flexibility index (Phi) is 4.16. The summed E-state index contributed by atoms with van der Waals surface area (Å²) in [5, 5.41) is 0.469. The molecule has 0 radical (unpaired) electrons. The van der Waals surface area contributed by atoms with E-state index in [1.165, 1.54) is 44.9 Å². The number of piperidine rings is 1. The van der Waals surface area contributed by atoms with E-state index < -0.39 is 0 Å². The standard InChI is InChI=1S/C17H30ClN/c1-11(2)17-15(12-4-6-13(18)7-5-12)10-14-8-9-16(17)19(14)3/h11-17H,4-10H2,1-3H3. The van der Waals surface area contributed by atoms with Gasteiger partial charge < -0.3 is 4.90 Å².